The average Bonchev–Trinajstić information content (AvgIpc) is 2.47. The third-order valence-electron chi connectivity index (χ3n) is 2.83. The maximum absolute atomic E-state index is 6.15. The Morgan fingerprint density at radius 1 is 1.14 bits per heavy atom. The lowest BCUT2D eigenvalue weighted by Crippen LogP contribution is -1.94. The Kier molecular flexibility index (Phi) is 5.43. The van der Waals surface area contributed by atoms with Gasteiger partial charge in [-0.2, -0.15) is 0 Å². The fraction of sp³-hybridized carbons (Fsp3) is 0.118. The minimum absolute atomic E-state index is 0.426. The molecule has 0 aliphatic rings. The van der Waals surface area contributed by atoms with Gasteiger partial charge >= 0.3 is 0 Å². The summed E-state index contributed by atoms with van der Waals surface area (Å²) in [5, 5.41) is 1.25. The molecule has 0 radical (unpaired) electrons. The van der Waals surface area contributed by atoms with Gasteiger partial charge in [-0.3, -0.25) is 4.99 Å². The number of rotatable bonds is 5. The molecule has 0 unspecified atom stereocenters. The Morgan fingerprint density at radius 3 is 2.62 bits per heavy atom. The van der Waals surface area contributed by atoms with Gasteiger partial charge < -0.3 is 4.74 Å². The molecule has 0 fully saturated rings. The van der Waals surface area contributed by atoms with Crippen molar-refractivity contribution in [2.24, 2.45) is 4.99 Å². The highest BCUT2D eigenvalue weighted by Crippen LogP contribution is 2.26. The number of aryl methyl sites for hydroxylation is 1. The van der Waals surface area contributed by atoms with Gasteiger partial charge in [0.15, 0.2) is 0 Å². The summed E-state index contributed by atoms with van der Waals surface area (Å²) in [4.78, 5) is 4.39. The van der Waals surface area contributed by atoms with E-state index in [9.17, 15) is 0 Å². The SMILES string of the molecule is C=CCOc1ccc(C=Nc2ccc(C)c(Cl)c2)cc1Cl. The molecule has 2 aromatic carbocycles. The van der Waals surface area contributed by atoms with Crippen molar-refractivity contribution in [3.8, 4) is 5.75 Å². The number of hydrogen-bond donors (Lipinski definition) is 0. The second-order valence-corrected chi connectivity index (χ2v) is 5.30. The van der Waals surface area contributed by atoms with Gasteiger partial charge in [0.1, 0.15) is 12.4 Å². The second-order valence-electron chi connectivity index (χ2n) is 4.48. The summed E-state index contributed by atoms with van der Waals surface area (Å²) >= 11 is 12.2. The summed E-state index contributed by atoms with van der Waals surface area (Å²) in [5.74, 6) is 0.632. The van der Waals surface area contributed by atoms with E-state index in [4.69, 9.17) is 27.9 Å². The van der Waals surface area contributed by atoms with Crippen molar-refractivity contribution in [2.75, 3.05) is 6.61 Å². The number of benzene rings is 2. The maximum atomic E-state index is 6.15. The Hall–Kier alpha value is -1.77. The summed E-state index contributed by atoms with van der Waals surface area (Å²) in [5.41, 5.74) is 2.72. The van der Waals surface area contributed by atoms with Crippen LogP contribution < -0.4 is 4.74 Å². The number of halogens is 2. The lowest BCUT2D eigenvalue weighted by Gasteiger charge is -2.06. The van der Waals surface area contributed by atoms with Crippen LogP contribution >= 0.6 is 23.2 Å². The Labute approximate surface area is 134 Å². The summed E-state index contributed by atoms with van der Waals surface area (Å²) in [7, 11) is 0. The normalized spacial score (nSPS) is 10.8. The number of ether oxygens (including phenoxy) is 1. The highest BCUT2D eigenvalue weighted by molar-refractivity contribution is 6.32. The molecule has 0 spiro atoms. The van der Waals surface area contributed by atoms with E-state index in [2.05, 4.69) is 11.6 Å². The minimum Gasteiger partial charge on any atom is -0.488 e. The first-order valence-corrected chi connectivity index (χ1v) is 7.19. The van der Waals surface area contributed by atoms with Crippen LogP contribution in [0.3, 0.4) is 0 Å². The predicted molar refractivity (Wildman–Crippen MR) is 90.6 cm³/mol. The van der Waals surface area contributed by atoms with Crippen molar-refractivity contribution in [1.82, 2.24) is 0 Å². The molecule has 2 rings (SSSR count). The average molecular weight is 320 g/mol. The van der Waals surface area contributed by atoms with E-state index in [1.165, 1.54) is 0 Å². The molecule has 108 valence electrons. The molecule has 21 heavy (non-hydrogen) atoms. The molecule has 0 bridgehead atoms. The zero-order chi connectivity index (χ0) is 15.2. The van der Waals surface area contributed by atoms with E-state index in [0.29, 0.717) is 22.4 Å². The number of nitrogens with zero attached hydrogens (tertiary/aromatic N) is 1. The van der Waals surface area contributed by atoms with Crippen molar-refractivity contribution in [3.05, 3.63) is 70.2 Å². The van der Waals surface area contributed by atoms with Gasteiger partial charge in [-0.15, -0.1) is 0 Å². The first-order valence-electron chi connectivity index (χ1n) is 6.43. The van der Waals surface area contributed by atoms with E-state index < -0.39 is 0 Å². The molecule has 0 aliphatic heterocycles. The Bertz CT molecular complexity index is 680. The topological polar surface area (TPSA) is 21.6 Å². The predicted octanol–water partition coefficient (Wildman–Crippen LogP) is 5.62. The molecule has 0 amide bonds. The van der Waals surface area contributed by atoms with Crippen LogP contribution in [0.15, 0.2) is 54.0 Å². The Balaban J connectivity index is 2.15. The summed E-state index contributed by atoms with van der Waals surface area (Å²) in [6, 6.07) is 11.2. The highest BCUT2D eigenvalue weighted by atomic mass is 35.5. The quantitative estimate of drug-likeness (QED) is 0.518. The molecule has 0 saturated heterocycles. The smallest absolute Gasteiger partial charge is 0.138 e. The molecule has 4 heteroatoms. The van der Waals surface area contributed by atoms with Gasteiger partial charge in [-0.05, 0) is 48.4 Å². The van der Waals surface area contributed by atoms with Crippen molar-refractivity contribution in [2.45, 2.75) is 6.92 Å². The van der Waals surface area contributed by atoms with E-state index in [0.717, 1.165) is 16.8 Å². The molecule has 0 saturated carbocycles. The zero-order valence-electron chi connectivity index (χ0n) is 11.6. The zero-order valence-corrected chi connectivity index (χ0v) is 13.2. The van der Waals surface area contributed by atoms with Crippen molar-refractivity contribution < 1.29 is 4.74 Å². The van der Waals surface area contributed by atoms with Gasteiger partial charge in [0, 0.05) is 11.2 Å². The molecule has 2 nitrogen and oxygen atoms in total. The summed E-state index contributed by atoms with van der Waals surface area (Å²) in [6.45, 7) is 5.98. The van der Waals surface area contributed by atoms with Crippen LogP contribution in [0.4, 0.5) is 5.69 Å². The van der Waals surface area contributed by atoms with Crippen molar-refractivity contribution in [3.63, 3.8) is 0 Å². The van der Waals surface area contributed by atoms with Crippen LogP contribution in [-0.2, 0) is 0 Å². The molecule has 0 aliphatic carbocycles. The monoisotopic (exact) mass is 319 g/mol. The molecule has 0 heterocycles. The fourth-order valence-corrected chi connectivity index (χ4v) is 2.09. The maximum Gasteiger partial charge on any atom is 0.138 e. The molecule has 0 atom stereocenters. The molecule has 2 aromatic rings. The van der Waals surface area contributed by atoms with Crippen LogP contribution in [0.5, 0.6) is 5.75 Å². The van der Waals surface area contributed by atoms with Gasteiger partial charge in [-0.1, -0.05) is 41.9 Å². The summed E-state index contributed by atoms with van der Waals surface area (Å²) < 4.78 is 5.42. The van der Waals surface area contributed by atoms with E-state index in [1.807, 2.05) is 37.3 Å². The second kappa shape index (κ2) is 7.30. The lowest BCUT2D eigenvalue weighted by molar-refractivity contribution is 0.363. The molecule has 0 aromatic heterocycles. The van der Waals surface area contributed by atoms with Gasteiger partial charge in [0.05, 0.1) is 10.7 Å². The molecule has 0 N–H and O–H groups in total. The first kappa shape index (κ1) is 15.6. The summed E-state index contributed by atoms with van der Waals surface area (Å²) in [6.07, 6.45) is 3.41. The Morgan fingerprint density at radius 2 is 1.95 bits per heavy atom. The standard InChI is InChI=1S/C17H15Cl2NO/c1-3-8-21-17-7-5-13(9-16(17)19)11-20-14-6-4-12(2)15(18)10-14/h3-7,9-11H,1,8H2,2H3. The van der Waals surface area contributed by atoms with Crippen molar-refractivity contribution >= 4 is 35.1 Å². The van der Waals surface area contributed by atoms with E-state index in [1.54, 1.807) is 18.4 Å². The van der Waals surface area contributed by atoms with Gasteiger partial charge in [-0.25, -0.2) is 0 Å². The fourth-order valence-electron chi connectivity index (χ4n) is 1.67. The number of aliphatic imine (C=N–C) groups is 1. The third kappa shape index (κ3) is 4.35. The third-order valence-corrected chi connectivity index (χ3v) is 3.53. The largest absolute Gasteiger partial charge is 0.488 e. The minimum atomic E-state index is 0.426. The van der Waals surface area contributed by atoms with Crippen molar-refractivity contribution in [1.29, 1.82) is 0 Å². The lowest BCUT2D eigenvalue weighted by atomic mass is 10.2. The highest BCUT2D eigenvalue weighted by Gasteiger charge is 2.01. The van der Waals surface area contributed by atoms with Gasteiger partial charge in [0.2, 0.25) is 0 Å². The first-order chi connectivity index (χ1) is 10.1. The molecular formula is C17H15Cl2NO. The number of hydrogen-bond acceptors (Lipinski definition) is 2. The van der Waals surface area contributed by atoms with Crippen LogP contribution in [0.25, 0.3) is 0 Å². The van der Waals surface area contributed by atoms with Crippen LogP contribution in [0.1, 0.15) is 11.1 Å². The molecular weight excluding hydrogens is 305 g/mol. The van der Waals surface area contributed by atoms with Crippen LogP contribution in [-0.4, -0.2) is 12.8 Å². The van der Waals surface area contributed by atoms with E-state index in [-0.39, 0.29) is 0 Å². The van der Waals surface area contributed by atoms with Crippen LogP contribution in [0, 0.1) is 6.92 Å². The van der Waals surface area contributed by atoms with E-state index >= 15 is 0 Å². The van der Waals surface area contributed by atoms with Gasteiger partial charge in [0.25, 0.3) is 0 Å². The van der Waals surface area contributed by atoms with Crippen LogP contribution in [0.2, 0.25) is 10.0 Å².